The van der Waals surface area contributed by atoms with Gasteiger partial charge in [0.2, 0.25) is 0 Å². The van der Waals surface area contributed by atoms with E-state index in [4.69, 9.17) is 8.83 Å². The lowest BCUT2D eigenvalue weighted by Crippen LogP contribution is -2.05. The highest BCUT2D eigenvalue weighted by atomic mass is 32.2. The third-order valence-electron chi connectivity index (χ3n) is 4.01. The van der Waals surface area contributed by atoms with E-state index in [2.05, 4.69) is 21.7 Å². The van der Waals surface area contributed by atoms with Gasteiger partial charge in [-0.05, 0) is 39.8 Å². The van der Waals surface area contributed by atoms with Gasteiger partial charge in [0.1, 0.15) is 5.76 Å². The predicted molar refractivity (Wildman–Crippen MR) is 91.4 cm³/mol. The molecule has 6 nitrogen and oxygen atoms in total. The Kier molecular flexibility index (Phi) is 4.62. The summed E-state index contributed by atoms with van der Waals surface area (Å²) in [6, 6.07) is 3.72. The molecule has 126 valence electrons. The van der Waals surface area contributed by atoms with Crippen LogP contribution in [0, 0.1) is 20.8 Å². The van der Waals surface area contributed by atoms with E-state index in [-0.39, 0.29) is 11.5 Å². The third kappa shape index (κ3) is 3.03. The minimum atomic E-state index is 0.0621. The summed E-state index contributed by atoms with van der Waals surface area (Å²) in [4.78, 5) is 12.5. The van der Waals surface area contributed by atoms with Crippen LogP contribution in [0.4, 0.5) is 0 Å². The summed E-state index contributed by atoms with van der Waals surface area (Å²) in [5.74, 6) is 1.45. The van der Waals surface area contributed by atoms with Crippen LogP contribution in [-0.2, 0) is 6.54 Å². The highest BCUT2D eigenvalue weighted by Gasteiger charge is 2.18. The Morgan fingerprint density at radius 2 is 2.08 bits per heavy atom. The van der Waals surface area contributed by atoms with Crippen LogP contribution in [0.1, 0.15) is 34.4 Å². The van der Waals surface area contributed by atoms with E-state index in [0.717, 1.165) is 34.8 Å². The van der Waals surface area contributed by atoms with E-state index in [0.29, 0.717) is 11.1 Å². The van der Waals surface area contributed by atoms with Crippen molar-refractivity contribution in [2.45, 2.75) is 39.5 Å². The molecule has 0 radical (unpaired) electrons. The van der Waals surface area contributed by atoms with Crippen LogP contribution >= 0.6 is 11.8 Å². The molecule has 3 aromatic rings. The standard InChI is InChI=1S/C17H19N3O3S/c1-5-20-10(2)8-14(11(20)3)15(21)9-24-17-19-18-16(23-17)13-6-7-22-12(13)4/h6-8H,5,9H2,1-4H3. The van der Waals surface area contributed by atoms with Gasteiger partial charge in [0, 0.05) is 23.5 Å². The fourth-order valence-electron chi connectivity index (χ4n) is 2.76. The van der Waals surface area contributed by atoms with Gasteiger partial charge in [0.15, 0.2) is 5.78 Å². The average Bonchev–Trinajstić information content (AvgIpc) is 3.24. The van der Waals surface area contributed by atoms with Crippen LogP contribution in [0.5, 0.6) is 0 Å². The number of hydrogen-bond acceptors (Lipinski definition) is 6. The smallest absolute Gasteiger partial charge is 0.277 e. The summed E-state index contributed by atoms with van der Waals surface area (Å²) in [5, 5.41) is 8.37. The van der Waals surface area contributed by atoms with Crippen molar-refractivity contribution >= 4 is 17.5 Å². The number of Topliss-reactive ketones (excluding diaryl/α,β-unsaturated/α-hetero) is 1. The van der Waals surface area contributed by atoms with Crippen LogP contribution in [-0.4, -0.2) is 26.3 Å². The molecule has 0 saturated carbocycles. The highest BCUT2D eigenvalue weighted by molar-refractivity contribution is 7.99. The van der Waals surface area contributed by atoms with Crippen LogP contribution in [0.2, 0.25) is 0 Å². The number of carbonyl (C=O) groups is 1. The number of aromatic nitrogens is 3. The number of thioether (sulfide) groups is 1. The van der Waals surface area contributed by atoms with Crippen LogP contribution in [0.25, 0.3) is 11.5 Å². The Morgan fingerprint density at radius 1 is 1.29 bits per heavy atom. The second-order valence-electron chi connectivity index (χ2n) is 5.50. The Morgan fingerprint density at radius 3 is 2.71 bits per heavy atom. The molecule has 0 saturated heterocycles. The maximum atomic E-state index is 12.5. The van der Waals surface area contributed by atoms with Crippen molar-refractivity contribution in [3.05, 3.63) is 41.1 Å². The molecule has 24 heavy (non-hydrogen) atoms. The zero-order valence-electron chi connectivity index (χ0n) is 14.1. The minimum absolute atomic E-state index is 0.0621. The molecule has 3 heterocycles. The molecule has 0 aromatic carbocycles. The van der Waals surface area contributed by atoms with Gasteiger partial charge in [-0.15, -0.1) is 10.2 Å². The van der Waals surface area contributed by atoms with Crippen molar-refractivity contribution in [2.24, 2.45) is 0 Å². The van der Waals surface area contributed by atoms with Crippen LogP contribution < -0.4 is 0 Å². The predicted octanol–water partition coefficient (Wildman–Crippen LogP) is 4.05. The number of nitrogens with zero attached hydrogens (tertiary/aromatic N) is 3. The van der Waals surface area contributed by atoms with Gasteiger partial charge >= 0.3 is 0 Å². The molecule has 7 heteroatoms. The molecule has 0 unspecified atom stereocenters. The fraction of sp³-hybridized carbons (Fsp3) is 0.353. The van der Waals surface area contributed by atoms with Gasteiger partial charge < -0.3 is 13.4 Å². The maximum Gasteiger partial charge on any atom is 0.277 e. The monoisotopic (exact) mass is 345 g/mol. The molecule has 0 atom stereocenters. The molecule has 0 spiro atoms. The summed E-state index contributed by atoms with van der Waals surface area (Å²) in [6.07, 6.45) is 1.58. The largest absolute Gasteiger partial charge is 0.469 e. The van der Waals surface area contributed by atoms with Gasteiger partial charge in [-0.25, -0.2) is 0 Å². The zero-order chi connectivity index (χ0) is 17.3. The number of ketones is 1. The number of carbonyl (C=O) groups excluding carboxylic acids is 1. The first-order chi connectivity index (χ1) is 11.5. The molecular weight excluding hydrogens is 326 g/mol. The second kappa shape index (κ2) is 6.68. The maximum absolute atomic E-state index is 12.5. The average molecular weight is 345 g/mol. The lowest BCUT2D eigenvalue weighted by Gasteiger charge is -2.05. The molecule has 0 amide bonds. The SMILES string of the molecule is CCn1c(C)cc(C(=O)CSc2nnc(-c3ccoc3C)o2)c1C. The molecule has 0 fully saturated rings. The molecule has 0 bridgehead atoms. The normalized spacial score (nSPS) is 11.2. The number of furan rings is 1. The number of hydrogen-bond donors (Lipinski definition) is 0. The molecule has 3 aromatic heterocycles. The Hall–Kier alpha value is -2.28. The van der Waals surface area contributed by atoms with E-state index in [9.17, 15) is 4.79 Å². The van der Waals surface area contributed by atoms with Gasteiger partial charge in [0.05, 0.1) is 17.6 Å². The van der Waals surface area contributed by atoms with Gasteiger partial charge in [-0.3, -0.25) is 4.79 Å². The van der Waals surface area contributed by atoms with Crippen molar-refractivity contribution in [3.8, 4) is 11.5 Å². The zero-order valence-corrected chi connectivity index (χ0v) is 14.9. The Bertz CT molecular complexity index is 876. The van der Waals surface area contributed by atoms with E-state index in [1.165, 1.54) is 11.8 Å². The number of rotatable bonds is 6. The van der Waals surface area contributed by atoms with Crippen molar-refractivity contribution < 1.29 is 13.6 Å². The molecule has 0 aliphatic carbocycles. The Balaban J connectivity index is 1.69. The molecule has 0 N–H and O–H groups in total. The van der Waals surface area contributed by atoms with Crippen molar-refractivity contribution in [1.29, 1.82) is 0 Å². The highest BCUT2D eigenvalue weighted by Crippen LogP contribution is 2.27. The summed E-state index contributed by atoms with van der Waals surface area (Å²) >= 11 is 1.25. The quantitative estimate of drug-likeness (QED) is 0.495. The van der Waals surface area contributed by atoms with E-state index < -0.39 is 0 Å². The first kappa shape index (κ1) is 16.6. The minimum Gasteiger partial charge on any atom is -0.469 e. The summed E-state index contributed by atoms with van der Waals surface area (Å²) < 4.78 is 13.0. The lowest BCUT2D eigenvalue weighted by molar-refractivity contribution is 0.102. The lowest BCUT2D eigenvalue weighted by atomic mass is 10.2. The van der Waals surface area contributed by atoms with Gasteiger partial charge in [-0.1, -0.05) is 11.8 Å². The summed E-state index contributed by atoms with van der Waals surface area (Å²) in [5.41, 5.74) is 3.62. The van der Waals surface area contributed by atoms with Crippen molar-refractivity contribution in [1.82, 2.24) is 14.8 Å². The van der Waals surface area contributed by atoms with Crippen LogP contribution in [0.15, 0.2) is 32.5 Å². The topological polar surface area (TPSA) is 74.1 Å². The van der Waals surface area contributed by atoms with E-state index >= 15 is 0 Å². The van der Waals surface area contributed by atoms with E-state index in [1.54, 1.807) is 12.3 Å². The summed E-state index contributed by atoms with van der Waals surface area (Å²) in [6.45, 7) is 8.74. The van der Waals surface area contributed by atoms with Crippen LogP contribution in [0.3, 0.4) is 0 Å². The van der Waals surface area contributed by atoms with Gasteiger partial charge in [-0.2, -0.15) is 0 Å². The molecule has 3 rings (SSSR count). The number of aryl methyl sites for hydroxylation is 2. The second-order valence-corrected chi connectivity index (χ2v) is 6.43. The first-order valence-electron chi connectivity index (χ1n) is 7.72. The first-order valence-corrected chi connectivity index (χ1v) is 8.70. The molecule has 0 aliphatic rings. The molecule has 0 aliphatic heterocycles. The fourth-order valence-corrected chi connectivity index (χ4v) is 3.41. The third-order valence-corrected chi connectivity index (χ3v) is 4.83. The van der Waals surface area contributed by atoms with E-state index in [1.807, 2.05) is 26.8 Å². The summed E-state index contributed by atoms with van der Waals surface area (Å²) in [7, 11) is 0. The Labute approximate surface area is 144 Å². The van der Waals surface area contributed by atoms with Crippen molar-refractivity contribution in [2.75, 3.05) is 5.75 Å². The van der Waals surface area contributed by atoms with Crippen molar-refractivity contribution in [3.63, 3.8) is 0 Å². The van der Waals surface area contributed by atoms with Gasteiger partial charge in [0.25, 0.3) is 11.1 Å². The molecular formula is C17H19N3O3S.